The number of nitrogens with two attached hydrogens (primary N) is 1. The van der Waals surface area contributed by atoms with Crippen molar-refractivity contribution in [3.8, 4) is 5.75 Å². The van der Waals surface area contributed by atoms with E-state index in [9.17, 15) is 34.4 Å². The zero-order valence-electron chi connectivity index (χ0n) is 17.1. The van der Waals surface area contributed by atoms with Crippen molar-refractivity contribution in [2.24, 2.45) is 0 Å². The molecule has 0 atom stereocenters. The first-order chi connectivity index (χ1) is 13.7. The Morgan fingerprint density at radius 1 is 0.781 bits per heavy atom. The van der Waals surface area contributed by atoms with Crippen LogP contribution in [0.1, 0.15) is 5.56 Å². The van der Waals surface area contributed by atoms with Gasteiger partial charge in [-0.3, -0.25) is 0 Å². The number of aryl methyl sites for hydroxylation is 1. The number of benzene rings is 3. The van der Waals surface area contributed by atoms with Crippen LogP contribution in [-0.2, 0) is 30.4 Å². The summed E-state index contributed by atoms with van der Waals surface area (Å²) in [5, 5.41) is -0.471. The van der Waals surface area contributed by atoms with Gasteiger partial charge >= 0.3 is 91.1 Å². The van der Waals surface area contributed by atoms with Gasteiger partial charge in [-0.25, -0.2) is 16.8 Å². The van der Waals surface area contributed by atoms with E-state index < -0.39 is 45.9 Å². The van der Waals surface area contributed by atoms with E-state index in [4.69, 9.17) is 9.92 Å². The summed E-state index contributed by atoms with van der Waals surface area (Å²) in [7, 11) is -14.5. The molecule has 32 heavy (non-hydrogen) atoms. The van der Waals surface area contributed by atoms with E-state index in [2.05, 4.69) is 0 Å². The monoisotopic (exact) mass is 533 g/mol. The van der Waals surface area contributed by atoms with Crippen LogP contribution in [0, 0.1) is 6.92 Å². The standard InChI is InChI=1S/C17H15NO9S3.K.Na/c1-10-2-4-12(5-3-10)30(25,26)27-16-9-14(29(22,23)24)7-11-6-13(28(19,20)21)8-15(18)17(11)16;;/h2-9H,18H2,1H3,(H,19,20,21)(H,22,23,24);;/q;2*+1/p-2. The molecule has 0 saturated heterocycles. The molecule has 0 amide bonds. The van der Waals surface area contributed by atoms with Gasteiger partial charge in [0.25, 0.3) is 0 Å². The van der Waals surface area contributed by atoms with Crippen molar-refractivity contribution < 1.29 is 119 Å². The molecule has 0 fully saturated rings. The summed E-state index contributed by atoms with van der Waals surface area (Å²) in [6.45, 7) is 1.73. The predicted molar refractivity (Wildman–Crippen MR) is 103 cm³/mol. The largest absolute Gasteiger partial charge is 1.00 e. The topological polar surface area (TPSA) is 184 Å². The van der Waals surface area contributed by atoms with E-state index >= 15 is 0 Å². The first-order valence-electron chi connectivity index (χ1n) is 7.99. The van der Waals surface area contributed by atoms with Gasteiger partial charge in [-0.2, -0.15) is 8.42 Å². The molecular formula is C17H13KNNaO9S3. The SMILES string of the molecule is Cc1ccc(S(=O)(=O)Oc2cc(S(=O)(=O)[O-])cc3cc(S(=O)(=O)[O-])cc(N)c23)cc1.[K+].[Na+]. The molecule has 15 heteroatoms. The summed E-state index contributed by atoms with van der Waals surface area (Å²) < 4.78 is 98.7. The summed E-state index contributed by atoms with van der Waals surface area (Å²) in [6.07, 6.45) is 0. The van der Waals surface area contributed by atoms with Crippen LogP contribution in [0.25, 0.3) is 10.8 Å². The molecule has 0 unspecified atom stereocenters. The van der Waals surface area contributed by atoms with Crippen molar-refractivity contribution in [2.75, 3.05) is 5.73 Å². The summed E-state index contributed by atoms with van der Waals surface area (Å²) in [5.74, 6) is -0.616. The fourth-order valence-electron chi connectivity index (χ4n) is 2.68. The third-order valence-electron chi connectivity index (χ3n) is 4.08. The van der Waals surface area contributed by atoms with Crippen molar-refractivity contribution in [3.63, 3.8) is 0 Å². The average molecular weight is 534 g/mol. The smallest absolute Gasteiger partial charge is 0.744 e. The minimum atomic E-state index is -5.10. The molecule has 0 bridgehead atoms. The van der Waals surface area contributed by atoms with Crippen LogP contribution >= 0.6 is 0 Å². The Labute approximate surface area is 249 Å². The van der Waals surface area contributed by atoms with Gasteiger partial charge < -0.3 is 19.0 Å². The third kappa shape index (κ3) is 6.75. The van der Waals surface area contributed by atoms with Gasteiger partial charge in [0.1, 0.15) is 25.1 Å². The molecule has 3 aromatic carbocycles. The molecule has 0 aliphatic heterocycles. The van der Waals surface area contributed by atoms with Crippen LogP contribution in [-0.4, -0.2) is 34.4 Å². The number of rotatable bonds is 5. The number of anilines is 1. The minimum Gasteiger partial charge on any atom is -0.744 e. The second kappa shape index (κ2) is 10.7. The Hall–Kier alpha value is -0.0736. The van der Waals surface area contributed by atoms with E-state index in [0.29, 0.717) is 6.07 Å². The van der Waals surface area contributed by atoms with Crippen LogP contribution in [0.4, 0.5) is 5.69 Å². The second-order valence-electron chi connectivity index (χ2n) is 6.29. The third-order valence-corrected chi connectivity index (χ3v) is 6.95. The van der Waals surface area contributed by atoms with Crippen LogP contribution in [0.3, 0.4) is 0 Å². The number of hydrogen-bond donors (Lipinski definition) is 1. The fourth-order valence-corrected chi connectivity index (χ4v) is 4.68. The van der Waals surface area contributed by atoms with Crippen LogP contribution in [0.15, 0.2) is 63.2 Å². The van der Waals surface area contributed by atoms with Gasteiger partial charge in [0.2, 0.25) is 0 Å². The van der Waals surface area contributed by atoms with E-state index in [1.807, 2.05) is 0 Å². The Morgan fingerprint density at radius 3 is 1.72 bits per heavy atom. The van der Waals surface area contributed by atoms with Gasteiger partial charge in [-0.1, -0.05) is 17.7 Å². The fraction of sp³-hybridized carbons (Fsp3) is 0.0588. The van der Waals surface area contributed by atoms with Crippen LogP contribution in [0.2, 0.25) is 0 Å². The van der Waals surface area contributed by atoms with E-state index in [-0.39, 0.29) is 102 Å². The number of nitrogen functional groups attached to an aromatic ring is 1. The van der Waals surface area contributed by atoms with Gasteiger partial charge in [0.15, 0.2) is 5.75 Å². The Kier molecular flexibility index (Phi) is 10.00. The zero-order valence-corrected chi connectivity index (χ0v) is 24.7. The Morgan fingerprint density at radius 2 is 1.25 bits per heavy atom. The maximum atomic E-state index is 12.6. The van der Waals surface area contributed by atoms with Crippen molar-refractivity contribution in [1.29, 1.82) is 0 Å². The van der Waals surface area contributed by atoms with Gasteiger partial charge in [-0.15, -0.1) is 0 Å². The normalized spacial score (nSPS) is 12.0. The van der Waals surface area contributed by atoms with Crippen molar-refractivity contribution in [1.82, 2.24) is 0 Å². The number of hydrogen-bond acceptors (Lipinski definition) is 10. The van der Waals surface area contributed by atoms with E-state index in [1.165, 1.54) is 24.3 Å². The van der Waals surface area contributed by atoms with Crippen LogP contribution in [0.5, 0.6) is 5.75 Å². The Balaban J connectivity index is 0.00000256. The molecule has 0 aromatic heterocycles. The molecule has 160 valence electrons. The van der Waals surface area contributed by atoms with Crippen molar-refractivity contribution in [3.05, 3.63) is 54.1 Å². The van der Waals surface area contributed by atoms with Crippen LogP contribution < -0.4 is 90.9 Å². The average Bonchev–Trinajstić information content (AvgIpc) is 2.59. The maximum absolute atomic E-state index is 12.6. The first kappa shape index (κ1) is 30.0. The zero-order chi connectivity index (χ0) is 22.5. The molecule has 0 aliphatic carbocycles. The molecule has 0 spiro atoms. The van der Waals surface area contributed by atoms with Gasteiger partial charge in [0.05, 0.1) is 9.79 Å². The number of fused-ring (bicyclic) bond motifs is 1. The summed E-state index contributed by atoms with van der Waals surface area (Å²) in [6, 6.07) is 8.51. The minimum absolute atomic E-state index is 0. The van der Waals surface area contributed by atoms with Gasteiger partial charge in [0, 0.05) is 17.1 Å². The second-order valence-corrected chi connectivity index (χ2v) is 10.6. The van der Waals surface area contributed by atoms with E-state index in [1.54, 1.807) is 6.92 Å². The molecule has 0 radical (unpaired) electrons. The molecule has 0 heterocycles. The molecule has 0 aliphatic rings. The Bertz CT molecular complexity index is 1480. The summed E-state index contributed by atoms with van der Waals surface area (Å²) >= 11 is 0. The molecule has 3 aromatic rings. The molecule has 2 N–H and O–H groups in total. The van der Waals surface area contributed by atoms with Gasteiger partial charge in [-0.05, 0) is 42.6 Å². The molecule has 3 rings (SSSR count). The molecular weight excluding hydrogens is 520 g/mol. The summed E-state index contributed by atoms with van der Waals surface area (Å²) in [4.78, 5) is -1.95. The first-order valence-corrected chi connectivity index (χ1v) is 12.2. The quantitative estimate of drug-likeness (QED) is 0.145. The maximum Gasteiger partial charge on any atom is 1.00 e. The van der Waals surface area contributed by atoms with Crippen molar-refractivity contribution in [2.45, 2.75) is 21.6 Å². The van der Waals surface area contributed by atoms with E-state index in [0.717, 1.165) is 23.8 Å². The summed E-state index contributed by atoms with van der Waals surface area (Å²) in [5.41, 5.74) is 6.19. The predicted octanol–water partition coefficient (Wildman–Crippen LogP) is -4.69. The molecule has 0 saturated carbocycles. The van der Waals surface area contributed by atoms with Crippen molar-refractivity contribution >= 4 is 46.8 Å². The molecule has 10 nitrogen and oxygen atoms in total.